The first-order valence-electron chi connectivity index (χ1n) is 11.8. The number of benzene rings is 2. The number of ether oxygens (including phenoxy) is 1. The Bertz CT molecular complexity index is 1310. The lowest BCUT2D eigenvalue weighted by molar-refractivity contribution is -0.146. The highest BCUT2D eigenvalue weighted by atomic mass is 35.5. The molecule has 1 saturated heterocycles. The Labute approximate surface area is 214 Å². The molecule has 0 bridgehead atoms. The molecule has 1 aliphatic heterocycles. The van der Waals surface area contributed by atoms with Gasteiger partial charge in [0, 0.05) is 23.7 Å². The standard InChI is InChI=1S/C28H27ClF2N2O3/c1-36-20-6-9-27-22(16-20)21(10-12-32-27)25(30)8-5-19-11-14-33(17-23(19)28(34)35)13-2-3-18-4-7-24(29)26(31)15-18/h4,6-7,9-10,12,15-16,19,23,25H,5,8,11,13-14,17H2,1H3,(H,34,35)/t19-,23+,25-/m1/s1. The maximum atomic E-state index is 15.4. The van der Waals surface area contributed by atoms with Gasteiger partial charge in [-0.2, -0.15) is 0 Å². The number of carboxylic acid groups (broad SMARTS) is 1. The van der Waals surface area contributed by atoms with Crippen LogP contribution in [0, 0.1) is 29.5 Å². The SMILES string of the molecule is COc1ccc2nccc([C@H](F)CC[C@@H]3CCN(CC#Cc4ccc(Cl)c(F)c4)C[C@@H]3C(=O)O)c2c1. The Morgan fingerprint density at radius 1 is 1.31 bits per heavy atom. The fourth-order valence-corrected chi connectivity index (χ4v) is 4.84. The molecule has 0 spiro atoms. The zero-order valence-corrected chi connectivity index (χ0v) is 20.6. The number of carbonyl (C=O) groups is 1. The van der Waals surface area contributed by atoms with Crippen LogP contribution in [0.25, 0.3) is 10.9 Å². The Morgan fingerprint density at radius 2 is 2.14 bits per heavy atom. The van der Waals surface area contributed by atoms with Crippen LogP contribution in [0.3, 0.4) is 0 Å². The number of fused-ring (bicyclic) bond motifs is 1. The van der Waals surface area contributed by atoms with Gasteiger partial charge in [0.25, 0.3) is 0 Å². The molecule has 8 heteroatoms. The van der Waals surface area contributed by atoms with Crippen LogP contribution < -0.4 is 4.74 Å². The molecule has 0 saturated carbocycles. The number of carboxylic acids is 1. The summed E-state index contributed by atoms with van der Waals surface area (Å²) in [5, 5.41) is 10.6. The first-order chi connectivity index (χ1) is 17.4. The Morgan fingerprint density at radius 3 is 2.89 bits per heavy atom. The summed E-state index contributed by atoms with van der Waals surface area (Å²) in [5.41, 5.74) is 1.74. The molecule has 2 heterocycles. The summed E-state index contributed by atoms with van der Waals surface area (Å²) in [7, 11) is 1.56. The van der Waals surface area contributed by atoms with Crippen LogP contribution in [0.1, 0.15) is 36.6 Å². The van der Waals surface area contributed by atoms with Crippen LogP contribution in [-0.4, -0.2) is 47.7 Å². The van der Waals surface area contributed by atoms with Crippen LogP contribution in [-0.2, 0) is 4.79 Å². The van der Waals surface area contributed by atoms with Crippen molar-refractivity contribution in [2.75, 3.05) is 26.7 Å². The third kappa shape index (κ3) is 6.13. The molecule has 3 aromatic rings. The Hall–Kier alpha value is -3.21. The van der Waals surface area contributed by atoms with E-state index in [1.54, 1.807) is 43.6 Å². The lowest BCUT2D eigenvalue weighted by Crippen LogP contribution is -2.44. The summed E-state index contributed by atoms with van der Waals surface area (Å²) in [4.78, 5) is 18.3. The molecule has 3 atom stereocenters. The number of methoxy groups -OCH3 is 1. The normalized spacial score (nSPS) is 18.9. The maximum absolute atomic E-state index is 15.4. The summed E-state index contributed by atoms with van der Waals surface area (Å²) in [6, 6.07) is 11.4. The van der Waals surface area contributed by atoms with E-state index in [0.29, 0.717) is 60.3 Å². The molecule has 2 aromatic carbocycles. The number of alkyl halides is 1. The summed E-state index contributed by atoms with van der Waals surface area (Å²) in [5.74, 6) is 4.37. The average Bonchev–Trinajstić information content (AvgIpc) is 2.88. The van der Waals surface area contributed by atoms with Gasteiger partial charge in [0.05, 0.1) is 30.1 Å². The predicted molar refractivity (Wildman–Crippen MR) is 135 cm³/mol. The van der Waals surface area contributed by atoms with Crippen LogP contribution in [0.2, 0.25) is 5.02 Å². The predicted octanol–water partition coefficient (Wildman–Crippen LogP) is 5.90. The van der Waals surface area contributed by atoms with Gasteiger partial charge in [0.1, 0.15) is 17.7 Å². The monoisotopic (exact) mass is 512 g/mol. The molecule has 4 rings (SSSR count). The molecule has 0 radical (unpaired) electrons. The number of halogens is 3. The van der Waals surface area contributed by atoms with E-state index in [-0.39, 0.29) is 17.4 Å². The van der Waals surface area contributed by atoms with E-state index in [0.717, 1.165) is 0 Å². The van der Waals surface area contributed by atoms with Gasteiger partial charge in [-0.3, -0.25) is 14.7 Å². The lowest BCUT2D eigenvalue weighted by atomic mass is 9.81. The van der Waals surface area contributed by atoms with Crippen molar-refractivity contribution >= 4 is 28.5 Å². The molecule has 1 aliphatic rings. The summed E-state index contributed by atoms with van der Waals surface area (Å²) >= 11 is 5.70. The maximum Gasteiger partial charge on any atom is 0.308 e. The van der Waals surface area contributed by atoms with E-state index in [2.05, 4.69) is 16.8 Å². The first kappa shape index (κ1) is 25.9. The zero-order valence-electron chi connectivity index (χ0n) is 19.9. The zero-order chi connectivity index (χ0) is 25.7. The highest BCUT2D eigenvalue weighted by Crippen LogP contribution is 2.35. The molecule has 1 N–H and O–H groups in total. The lowest BCUT2D eigenvalue weighted by Gasteiger charge is -2.35. The second kappa shape index (κ2) is 11.7. The van der Waals surface area contributed by atoms with Gasteiger partial charge >= 0.3 is 5.97 Å². The van der Waals surface area contributed by atoms with Crippen molar-refractivity contribution in [3.63, 3.8) is 0 Å². The number of hydrogen-bond acceptors (Lipinski definition) is 4. The minimum absolute atomic E-state index is 0.0410. The Kier molecular flexibility index (Phi) is 8.40. The fraction of sp³-hybridized carbons (Fsp3) is 0.357. The third-order valence-electron chi connectivity index (χ3n) is 6.72. The molecule has 1 aromatic heterocycles. The molecule has 0 amide bonds. The number of hydrogen-bond donors (Lipinski definition) is 1. The van der Waals surface area contributed by atoms with Crippen molar-refractivity contribution in [2.24, 2.45) is 11.8 Å². The van der Waals surface area contributed by atoms with Gasteiger partial charge in [0.15, 0.2) is 0 Å². The van der Waals surface area contributed by atoms with E-state index < -0.39 is 23.9 Å². The molecule has 1 fully saturated rings. The van der Waals surface area contributed by atoms with Gasteiger partial charge in [-0.15, -0.1) is 0 Å². The summed E-state index contributed by atoms with van der Waals surface area (Å²) < 4.78 is 34.2. The van der Waals surface area contributed by atoms with E-state index in [1.807, 2.05) is 4.90 Å². The van der Waals surface area contributed by atoms with Crippen LogP contribution >= 0.6 is 11.6 Å². The molecular weight excluding hydrogens is 486 g/mol. The minimum Gasteiger partial charge on any atom is -0.497 e. The topological polar surface area (TPSA) is 62.7 Å². The van der Waals surface area contributed by atoms with E-state index in [4.69, 9.17) is 16.3 Å². The number of nitrogens with zero attached hydrogens (tertiary/aromatic N) is 2. The molecule has 0 unspecified atom stereocenters. The second-order valence-electron chi connectivity index (χ2n) is 8.99. The molecule has 36 heavy (non-hydrogen) atoms. The van der Waals surface area contributed by atoms with Crippen LogP contribution in [0.4, 0.5) is 8.78 Å². The smallest absolute Gasteiger partial charge is 0.308 e. The van der Waals surface area contributed by atoms with Crippen molar-refractivity contribution in [1.29, 1.82) is 0 Å². The van der Waals surface area contributed by atoms with Gasteiger partial charge in [-0.05, 0) is 79.8 Å². The van der Waals surface area contributed by atoms with Gasteiger partial charge in [-0.1, -0.05) is 23.4 Å². The van der Waals surface area contributed by atoms with Crippen molar-refractivity contribution in [3.05, 3.63) is 70.6 Å². The highest BCUT2D eigenvalue weighted by Gasteiger charge is 2.34. The molecule has 188 valence electrons. The number of aliphatic carboxylic acids is 1. The van der Waals surface area contributed by atoms with Crippen molar-refractivity contribution in [2.45, 2.75) is 25.4 Å². The number of rotatable bonds is 7. The van der Waals surface area contributed by atoms with E-state index >= 15 is 4.39 Å². The fourth-order valence-electron chi connectivity index (χ4n) is 4.73. The molecular formula is C28H27ClF2N2O3. The van der Waals surface area contributed by atoms with Gasteiger partial charge in [0.2, 0.25) is 0 Å². The molecule has 0 aliphatic carbocycles. The summed E-state index contributed by atoms with van der Waals surface area (Å²) in [6.07, 6.45) is 1.70. The van der Waals surface area contributed by atoms with E-state index in [1.165, 1.54) is 12.1 Å². The first-order valence-corrected chi connectivity index (χ1v) is 12.2. The summed E-state index contributed by atoms with van der Waals surface area (Å²) in [6.45, 7) is 1.39. The van der Waals surface area contributed by atoms with Crippen molar-refractivity contribution in [1.82, 2.24) is 9.88 Å². The van der Waals surface area contributed by atoms with Gasteiger partial charge in [-0.25, -0.2) is 8.78 Å². The number of piperidine rings is 1. The number of aromatic nitrogens is 1. The van der Waals surface area contributed by atoms with Crippen LogP contribution in [0.5, 0.6) is 5.75 Å². The third-order valence-corrected chi connectivity index (χ3v) is 7.03. The Balaban J connectivity index is 1.37. The second-order valence-corrected chi connectivity index (χ2v) is 9.39. The average molecular weight is 513 g/mol. The van der Waals surface area contributed by atoms with Crippen molar-refractivity contribution in [3.8, 4) is 17.6 Å². The molecule has 5 nitrogen and oxygen atoms in total. The van der Waals surface area contributed by atoms with Crippen LogP contribution in [0.15, 0.2) is 48.7 Å². The quantitative estimate of drug-likeness (QED) is 0.399. The van der Waals surface area contributed by atoms with Gasteiger partial charge < -0.3 is 9.84 Å². The largest absolute Gasteiger partial charge is 0.497 e. The minimum atomic E-state index is -1.24. The van der Waals surface area contributed by atoms with E-state index in [9.17, 15) is 14.3 Å². The number of pyridine rings is 1. The van der Waals surface area contributed by atoms with Crippen molar-refractivity contribution < 1.29 is 23.4 Å². The number of likely N-dealkylation sites (tertiary alicyclic amines) is 1. The highest BCUT2D eigenvalue weighted by molar-refractivity contribution is 6.30.